The molecule has 0 radical (unpaired) electrons. The first-order chi connectivity index (χ1) is 6.07. The Morgan fingerprint density at radius 3 is 2.23 bits per heavy atom. The fourth-order valence-electron chi connectivity index (χ4n) is 2.88. The fourth-order valence-corrected chi connectivity index (χ4v) is 2.88. The topological polar surface area (TPSA) is 3.24 Å². The second kappa shape index (κ2) is 4.45. The van der Waals surface area contributed by atoms with E-state index in [4.69, 9.17) is 0 Å². The summed E-state index contributed by atoms with van der Waals surface area (Å²) in [6, 6.07) is 1.56. The third kappa shape index (κ3) is 2.25. The quantitative estimate of drug-likeness (QED) is 0.649. The third-order valence-corrected chi connectivity index (χ3v) is 3.49. The molecule has 1 heterocycles. The molecule has 2 unspecified atom stereocenters. The molecule has 1 aliphatic heterocycles. The van der Waals surface area contributed by atoms with Crippen LogP contribution in [0.15, 0.2) is 0 Å². The molecule has 2 atom stereocenters. The molecule has 13 heavy (non-hydrogen) atoms. The van der Waals surface area contributed by atoms with Gasteiger partial charge in [0.25, 0.3) is 0 Å². The van der Waals surface area contributed by atoms with Gasteiger partial charge >= 0.3 is 0 Å². The lowest BCUT2D eigenvalue weighted by Gasteiger charge is -2.34. The summed E-state index contributed by atoms with van der Waals surface area (Å²) < 4.78 is 0. The van der Waals surface area contributed by atoms with Crippen molar-refractivity contribution < 1.29 is 0 Å². The van der Waals surface area contributed by atoms with Crippen LogP contribution in [0.25, 0.3) is 0 Å². The van der Waals surface area contributed by atoms with Gasteiger partial charge in [0, 0.05) is 12.1 Å². The Morgan fingerprint density at radius 1 is 1.23 bits per heavy atom. The molecule has 1 saturated heterocycles. The Morgan fingerprint density at radius 2 is 1.85 bits per heavy atom. The molecule has 0 spiro atoms. The number of likely N-dealkylation sites (tertiary alicyclic amines) is 1. The molecule has 0 aromatic rings. The van der Waals surface area contributed by atoms with Gasteiger partial charge in [-0.15, -0.1) is 0 Å². The van der Waals surface area contributed by atoms with Crippen LogP contribution >= 0.6 is 0 Å². The molecule has 0 N–H and O–H groups in total. The third-order valence-electron chi connectivity index (χ3n) is 3.49. The normalized spacial score (nSPS) is 30.7. The lowest BCUT2D eigenvalue weighted by Crippen LogP contribution is -2.41. The van der Waals surface area contributed by atoms with Crippen molar-refractivity contribution in [1.29, 1.82) is 0 Å². The maximum Gasteiger partial charge on any atom is 0.0150 e. The van der Waals surface area contributed by atoms with E-state index in [0.29, 0.717) is 0 Å². The summed E-state index contributed by atoms with van der Waals surface area (Å²) in [6.45, 7) is 13.0. The van der Waals surface area contributed by atoms with Crippen LogP contribution in [0, 0.1) is 11.8 Å². The standard InChI is InChI=1S/C12H25N/c1-6-11-7-8-13(10(4)5)12(11)9(2)3/h9-12H,6-8H2,1-5H3. The van der Waals surface area contributed by atoms with Crippen molar-refractivity contribution in [2.75, 3.05) is 6.54 Å². The monoisotopic (exact) mass is 183 g/mol. The van der Waals surface area contributed by atoms with Crippen LogP contribution in [0.4, 0.5) is 0 Å². The van der Waals surface area contributed by atoms with Crippen LogP contribution in [0.2, 0.25) is 0 Å². The first kappa shape index (κ1) is 11.0. The Balaban J connectivity index is 2.67. The van der Waals surface area contributed by atoms with E-state index < -0.39 is 0 Å². The Labute approximate surface area is 83.5 Å². The summed E-state index contributed by atoms with van der Waals surface area (Å²) in [5.41, 5.74) is 0. The second-order valence-corrected chi connectivity index (χ2v) is 5.02. The average molecular weight is 183 g/mol. The highest BCUT2D eigenvalue weighted by Gasteiger charge is 2.35. The highest BCUT2D eigenvalue weighted by molar-refractivity contribution is 4.89. The molecule has 0 aliphatic carbocycles. The maximum absolute atomic E-state index is 2.69. The van der Waals surface area contributed by atoms with E-state index in [1.54, 1.807) is 0 Å². The van der Waals surface area contributed by atoms with Crippen molar-refractivity contribution >= 4 is 0 Å². The molecule has 0 aromatic carbocycles. The zero-order valence-electron chi connectivity index (χ0n) is 9.88. The Hall–Kier alpha value is -0.0400. The van der Waals surface area contributed by atoms with Gasteiger partial charge in [-0.3, -0.25) is 4.90 Å². The minimum atomic E-state index is 0.726. The maximum atomic E-state index is 2.69. The lowest BCUT2D eigenvalue weighted by atomic mass is 9.89. The Kier molecular flexibility index (Phi) is 3.78. The molecule has 0 amide bonds. The van der Waals surface area contributed by atoms with Crippen LogP contribution < -0.4 is 0 Å². The van der Waals surface area contributed by atoms with Gasteiger partial charge in [0.2, 0.25) is 0 Å². The molecular weight excluding hydrogens is 158 g/mol. The van der Waals surface area contributed by atoms with Crippen molar-refractivity contribution in [2.24, 2.45) is 11.8 Å². The van der Waals surface area contributed by atoms with Crippen molar-refractivity contribution in [3.8, 4) is 0 Å². The smallest absolute Gasteiger partial charge is 0.0150 e. The predicted molar refractivity (Wildman–Crippen MR) is 58.9 cm³/mol. The lowest BCUT2D eigenvalue weighted by molar-refractivity contribution is 0.139. The molecular formula is C12H25N. The summed E-state index contributed by atoms with van der Waals surface area (Å²) >= 11 is 0. The van der Waals surface area contributed by atoms with Gasteiger partial charge in [-0.2, -0.15) is 0 Å². The van der Waals surface area contributed by atoms with Crippen LogP contribution in [0.1, 0.15) is 47.5 Å². The molecule has 1 fully saturated rings. The predicted octanol–water partition coefficient (Wildman–Crippen LogP) is 3.15. The fraction of sp³-hybridized carbons (Fsp3) is 1.00. The molecule has 0 aromatic heterocycles. The Bertz CT molecular complexity index is 151. The molecule has 1 aliphatic rings. The first-order valence-electron chi connectivity index (χ1n) is 5.83. The summed E-state index contributed by atoms with van der Waals surface area (Å²) in [5.74, 6) is 1.76. The van der Waals surface area contributed by atoms with Crippen molar-refractivity contribution in [1.82, 2.24) is 4.90 Å². The molecule has 1 nitrogen and oxygen atoms in total. The van der Waals surface area contributed by atoms with E-state index in [1.165, 1.54) is 19.4 Å². The van der Waals surface area contributed by atoms with Gasteiger partial charge < -0.3 is 0 Å². The first-order valence-corrected chi connectivity index (χ1v) is 5.83. The van der Waals surface area contributed by atoms with Gasteiger partial charge in [0.15, 0.2) is 0 Å². The number of hydrogen-bond acceptors (Lipinski definition) is 1. The van der Waals surface area contributed by atoms with E-state index in [-0.39, 0.29) is 0 Å². The number of hydrogen-bond donors (Lipinski definition) is 0. The average Bonchev–Trinajstić information content (AvgIpc) is 2.46. The van der Waals surface area contributed by atoms with Crippen molar-refractivity contribution in [3.05, 3.63) is 0 Å². The zero-order chi connectivity index (χ0) is 10.0. The van der Waals surface area contributed by atoms with Crippen LogP contribution in [-0.2, 0) is 0 Å². The van der Waals surface area contributed by atoms with E-state index in [1.807, 2.05) is 0 Å². The molecule has 0 bridgehead atoms. The van der Waals surface area contributed by atoms with E-state index in [9.17, 15) is 0 Å². The largest absolute Gasteiger partial charge is 0.297 e. The van der Waals surface area contributed by atoms with E-state index in [0.717, 1.165) is 23.9 Å². The molecule has 78 valence electrons. The molecule has 0 saturated carbocycles. The number of rotatable bonds is 3. The van der Waals surface area contributed by atoms with Crippen LogP contribution in [0.5, 0.6) is 0 Å². The summed E-state index contributed by atoms with van der Waals surface area (Å²) in [6.07, 6.45) is 2.77. The van der Waals surface area contributed by atoms with E-state index in [2.05, 4.69) is 39.5 Å². The van der Waals surface area contributed by atoms with Gasteiger partial charge in [-0.25, -0.2) is 0 Å². The van der Waals surface area contributed by atoms with Crippen LogP contribution in [0.3, 0.4) is 0 Å². The van der Waals surface area contributed by atoms with Crippen LogP contribution in [-0.4, -0.2) is 23.5 Å². The highest BCUT2D eigenvalue weighted by atomic mass is 15.2. The van der Waals surface area contributed by atoms with Gasteiger partial charge in [-0.1, -0.05) is 27.2 Å². The van der Waals surface area contributed by atoms with E-state index >= 15 is 0 Å². The van der Waals surface area contributed by atoms with Crippen molar-refractivity contribution in [2.45, 2.75) is 59.5 Å². The van der Waals surface area contributed by atoms with Gasteiger partial charge in [0.1, 0.15) is 0 Å². The minimum Gasteiger partial charge on any atom is -0.297 e. The summed E-state index contributed by atoms with van der Waals surface area (Å²) in [4.78, 5) is 2.69. The molecule has 1 rings (SSSR count). The summed E-state index contributed by atoms with van der Waals surface area (Å²) in [5, 5.41) is 0. The minimum absolute atomic E-state index is 0.726. The summed E-state index contributed by atoms with van der Waals surface area (Å²) in [7, 11) is 0. The van der Waals surface area contributed by atoms with Crippen molar-refractivity contribution in [3.63, 3.8) is 0 Å². The highest BCUT2D eigenvalue weighted by Crippen LogP contribution is 2.33. The SMILES string of the molecule is CCC1CCN(C(C)C)C1C(C)C. The zero-order valence-corrected chi connectivity index (χ0v) is 9.88. The molecule has 1 heteroatoms. The van der Waals surface area contributed by atoms with Gasteiger partial charge in [0.05, 0.1) is 0 Å². The van der Waals surface area contributed by atoms with Gasteiger partial charge in [-0.05, 0) is 38.6 Å². The second-order valence-electron chi connectivity index (χ2n) is 5.02. The number of nitrogens with zero attached hydrogens (tertiary/aromatic N) is 1.